The van der Waals surface area contributed by atoms with Crippen LogP contribution < -0.4 is 0 Å². The number of likely N-dealkylation sites (N-methyl/N-ethyl adjacent to an activating group) is 1. The first-order chi connectivity index (χ1) is 10.3. The Bertz CT molecular complexity index is 465. The molecule has 2 aliphatic heterocycles. The van der Waals surface area contributed by atoms with Crippen LogP contribution in [0.1, 0.15) is 11.1 Å². The van der Waals surface area contributed by atoms with Gasteiger partial charge in [0.2, 0.25) is 0 Å². The number of fused-ring (bicyclic) bond motifs is 1. The molecule has 0 N–H and O–H groups in total. The van der Waals surface area contributed by atoms with Gasteiger partial charge in [0, 0.05) is 38.2 Å². The van der Waals surface area contributed by atoms with Gasteiger partial charge in [-0.1, -0.05) is 34.1 Å². The Labute approximate surface area is 137 Å². The first kappa shape index (κ1) is 16.7. The summed E-state index contributed by atoms with van der Waals surface area (Å²) in [4.78, 5) is 5.01. The fraction of sp³-hybridized carbons (Fsp3) is 0.588. The van der Waals surface area contributed by atoms with Crippen LogP contribution in [0.2, 0.25) is 0 Å². The molecule has 1 aromatic rings. The average molecular weight is 353 g/mol. The van der Waals surface area contributed by atoms with Crippen molar-refractivity contribution in [2.75, 3.05) is 58.7 Å². The molecule has 0 amide bonds. The van der Waals surface area contributed by atoms with E-state index in [0.29, 0.717) is 0 Å². The molecule has 1 saturated heterocycles. The maximum absolute atomic E-state index is 2.94. The van der Waals surface area contributed by atoms with E-state index in [1.54, 1.807) is 0 Å². The maximum Gasteiger partial charge on any atom is 0.171 e. The summed E-state index contributed by atoms with van der Waals surface area (Å²) >= 11 is 2.94. The van der Waals surface area contributed by atoms with Gasteiger partial charge in [-0.15, -0.1) is 0 Å². The standard InChI is InChI=1S/C16H24N3.CH3Br/c1-17-8-10-18(11-9-17)12-13-19-7-6-15-4-2-3-5-16(15)14-19;1-2/h2-5,14H,6-13H2,1H3;1H3/q+1;. The summed E-state index contributed by atoms with van der Waals surface area (Å²) in [5, 5.41) is 0. The van der Waals surface area contributed by atoms with Gasteiger partial charge in [0.15, 0.2) is 12.8 Å². The van der Waals surface area contributed by atoms with Crippen molar-refractivity contribution in [3.63, 3.8) is 0 Å². The van der Waals surface area contributed by atoms with Crippen molar-refractivity contribution in [2.24, 2.45) is 0 Å². The molecule has 3 rings (SSSR count). The van der Waals surface area contributed by atoms with Crippen molar-refractivity contribution >= 4 is 22.1 Å². The number of benzene rings is 1. The molecule has 1 fully saturated rings. The normalized spacial score (nSPS) is 19.3. The lowest BCUT2D eigenvalue weighted by Gasteiger charge is -2.31. The van der Waals surface area contributed by atoms with E-state index in [-0.39, 0.29) is 0 Å². The van der Waals surface area contributed by atoms with Crippen molar-refractivity contribution in [1.82, 2.24) is 9.80 Å². The molecule has 21 heavy (non-hydrogen) atoms. The van der Waals surface area contributed by atoms with E-state index in [0.717, 1.165) is 6.54 Å². The summed E-state index contributed by atoms with van der Waals surface area (Å²) < 4.78 is 2.49. The molecule has 2 aliphatic rings. The largest absolute Gasteiger partial charge is 0.304 e. The highest BCUT2D eigenvalue weighted by molar-refractivity contribution is 9.08. The van der Waals surface area contributed by atoms with E-state index in [2.05, 4.69) is 67.8 Å². The zero-order valence-corrected chi connectivity index (χ0v) is 14.8. The van der Waals surface area contributed by atoms with Gasteiger partial charge in [-0.05, 0) is 24.5 Å². The molecule has 116 valence electrons. The van der Waals surface area contributed by atoms with Crippen molar-refractivity contribution in [3.05, 3.63) is 35.4 Å². The van der Waals surface area contributed by atoms with Gasteiger partial charge in [-0.3, -0.25) is 4.90 Å². The Morgan fingerprint density at radius 3 is 2.57 bits per heavy atom. The van der Waals surface area contributed by atoms with Gasteiger partial charge < -0.3 is 4.90 Å². The third kappa shape index (κ3) is 4.90. The molecule has 0 spiro atoms. The number of alkyl halides is 1. The molecule has 2 heterocycles. The predicted octanol–water partition coefficient (Wildman–Crippen LogP) is 1.93. The highest BCUT2D eigenvalue weighted by Crippen LogP contribution is 2.11. The lowest BCUT2D eigenvalue weighted by Crippen LogP contribution is -2.46. The number of nitrogens with zero attached hydrogens (tertiary/aromatic N) is 3. The summed E-state index contributed by atoms with van der Waals surface area (Å²) in [6.07, 6.45) is 3.53. The van der Waals surface area contributed by atoms with Gasteiger partial charge in [-0.2, -0.15) is 0 Å². The van der Waals surface area contributed by atoms with Crippen molar-refractivity contribution in [2.45, 2.75) is 6.42 Å². The molecule has 0 unspecified atom stereocenters. The Hall–Kier alpha value is -0.710. The minimum atomic E-state index is 1.16. The van der Waals surface area contributed by atoms with Gasteiger partial charge in [0.1, 0.15) is 6.54 Å². The highest BCUT2D eigenvalue weighted by atomic mass is 79.9. The van der Waals surface area contributed by atoms with E-state index in [1.165, 1.54) is 56.8 Å². The second-order valence-electron chi connectivity index (χ2n) is 5.76. The molecular weight excluding hydrogens is 326 g/mol. The van der Waals surface area contributed by atoms with Crippen LogP contribution >= 0.6 is 15.9 Å². The molecule has 0 atom stereocenters. The Morgan fingerprint density at radius 2 is 1.81 bits per heavy atom. The fourth-order valence-corrected chi connectivity index (χ4v) is 2.93. The maximum atomic E-state index is 2.94. The van der Waals surface area contributed by atoms with E-state index >= 15 is 0 Å². The molecule has 1 aromatic carbocycles. The van der Waals surface area contributed by atoms with Crippen molar-refractivity contribution < 1.29 is 4.58 Å². The van der Waals surface area contributed by atoms with Crippen LogP contribution in [-0.2, 0) is 6.42 Å². The fourth-order valence-electron chi connectivity index (χ4n) is 2.93. The molecule has 0 aromatic heterocycles. The number of piperazine rings is 1. The van der Waals surface area contributed by atoms with Crippen LogP contribution in [0.3, 0.4) is 0 Å². The minimum Gasteiger partial charge on any atom is -0.304 e. The monoisotopic (exact) mass is 352 g/mol. The molecule has 4 heteroatoms. The SMILES string of the molecule is CBr.CN1CCN(CC[N+]2=Cc3ccccc3CC2)CC1. The van der Waals surface area contributed by atoms with E-state index in [4.69, 9.17) is 0 Å². The summed E-state index contributed by atoms with van der Waals surface area (Å²) in [5.74, 6) is 1.81. The van der Waals surface area contributed by atoms with E-state index in [1.807, 2.05) is 5.83 Å². The molecule has 0 radical (unpaired) electrons. The Morgan fingerprint density at radius 1 is 1.10 bits per heavy atom. The molecule has 3 nitrogen and oxygen atoms in total. The van der Waals surface area contributed by atoms with Gasteiger partial charge in [-0.25, -0.2) is 4.58 Å². The van der Waals surface area contributed by atoms with Crippen LogP contribution in [0.25, 0.3) is 0 Å². The van der Waals surface area contributed by atoms with Crippen LogP contribution in [0.5, 0.6) is 0 Å². The number of rotatable bonds is 3. The molecule has 0 aliphatic carbocycles. The Kier molecular flexibility index (Phi) is 6.87. The zero-order valence-electron chi connectivity index (χ0n) is 13.3. The quantitative estimate of drug-likeness (QED) is 0.607. The molecular formula is C17H27BrN3+. The van der Waals surface area contributed by atoms with Gasteiger partial charge >= 0.3 is 0 Å². The third-order valence-electron chi connectivity index (χ3n) is 4.34. The second kappa shape index (κ2) is 8.66. The smallest absolute Gasteiger partial charge is 0.171 e. The first-order valence-corrected chi connectivity index (χ1v) is 9.35. The summed E-state index contributed by atoms with van der Waals surface area (Å²) in [6, 6.07) is 8.77. The van der Waals surface area contributed by atoms with Gasteiger partial charge in [0.25, 0.3) is 0 Å². The third-order valence-corrected chi connectivity index (χ3v) is 4.34. The van der Waals surface area contributed by atoms with Crippen molar-refractivity contribution in [3.8, 4) is 0 Å². The zero-order chi connectivity index (χ0) is 15.1. The number of hydrogen-bond acceptors (Lipinski definition) is 2. The predicted molar refractivity (Wildman–Crippen MR) is 94.1 cm³/mol. The summed E-state index contributed by atoms with van der Waals surface area (Å²) in [7, 11) is 2.21. The number of halogens is 1. The van der Waals surface area contributed by atoms with Crippen LogP contribution in [0.15, 0.2) is 24.3 Å². The average Bonchev–Trinajstić information content (AvgIpc) is 2.56. The van der Waals surface area contributed by atoms with Crippen LogP contribution in [0.4, 0.5) is 0 Å². The lowest BCUT2D eigenvalue weighted by molar-refractivity contribution is -0.524. The van der Waals surface area contributed by atoms with Crippen LogP contribution in [0, 0.1) is 0 Å². The summed E-state index contributed by atoms with van der Waals surface area (Å²) in [5.41, 5.74) is 2.91. The van der Waals surface area contributed by atoms with Crippen LogP contribution in [-0.4, -0.2) is 79.3 Å². The highest BCUT2D eigenvalue weighted by Gasteiger charge is 2.18. The second-order valence-corrected chi connectivity index (χ2v) is 5.76. The van der Waals surface area contributed by atoms with E-state index < -0.39 is 0 Å². The Balaban J connectivity index is 0.000000774. The minimum absolute atomic E-state index is 1.16. The van der Waals surface area contributed by atoms with E-state index in [9.17, 15) is 0 Å². The van der Waals surface area contributed by atoms with Gasteiger partial charge in [0.05, 0.1) is 6.54 Å². The topological polar surface area (TPSA) is 9.49 Å². The lowest BCUT2D eigenvalue weighted by atomic mass is 10.0. The number of hydrogen-bond donors (Lipinski definition) is 0. The van der Waals surface area contributed by atoms with Crippen molar-refractivity contribution in [1.29, 1.82) is 0 Å². The summed E-state index contributed by atoms with van der Waals surface area (Å²) in [6.45, 7) is 8.41. The molecule has 0 saturated carbocycles. The first-order valence-electron chi connectivity index (χ1n) is 7.77. The molecule has 0 bridgehead atoms.